The first-order valence-electron chi connectivity index (χ1n) is 7.09. The van der Waals surface area contributed by atoms with Crippen molar-refractivity contribution >= 4 is 0 Å². The van der Waals surface area contributed by atoms with Crippen molar-refractivity contribution in [2.24, 2.45) is 5.92 Å². The molecule has 1 unspecified atom stereocenters. The molecule has 5 heteroatoms. The van der Waals surface area contributed by atoms with E-state index in [2.05, 4.69) is 11.4 Å². The van der Waals surface area contributed by atoms with Crippen LogP contribution in [0.2, 0.25) is 0 Å². The van der Waals surface area contributed by atoms with Crippen LogP contribution in [0.15, 0.2) is 0 Å². The molecular formula is C14H26N2O3. The maximum absolute atomic E-state index is 9.38. The van der Waals surface area contributed by atoms with Crippen molar-refractivity contribution in [1.29, 1.82) is 5.26 Å². The molecule has 0 bridgehead atoms. The first kappa shape index (κ1) is 16.4. The van der Waals surface area contributed by atoms with Crippen LogP contribution in [0, 0.1) is 17.2 Å². The number of hydrogen-bond donors (Lipinski definition) is 1. The van der Waals surface area contributed by atoms with E-state index in [1.807, 2.05) is 6.92 Å². The van der Waals surface area contributed by atoms with Gasteiger partial charge in [0.2, 0.25) is 0 Å². The van der Waals surface area contributed by atoms with Gasteiger partial charge in [-0.15, -0.1) is 0 Å². The zero-order valence-corrected chi connectivity index (χ0v) is 12.1. The monoisotopic (exact) mass is 270 g/mol. The smallest absolute Gasteiger partial charge is 0.133 e. The van der Waals surface area contributed by atoms with Crippen LogP contribution in [0.5, 0.6) is 0 Å². The van der Waals surface area contributed by atoms with E-state index in [1.54, 1.807) is 7.11 Å². The Balaban J connectivity index is 2.10. The Morgan fingerprint density at radius 2 is 1.95 bits per heavy atom. The van der Waals surface area contributed by atoms with E-state index in [0.717, 1.165) is 32.4 Å². The summed E-state index contributed by atoms with van der Waals surface area (Å²) in [7, 11) is 1.68. The lowest BCUT2D eigenvalue weighted by Crippen LogP contribution is -2.50. The SMILES string of the molecule is CCNC(C#N)(COCCOCCCOC)C1CC1. The minimum atomic E-state index is -0.495. The Morgan fingerprint density at radius 3 is 2.53 bits per heavy atom. The molecule has 0 aliphatic heterocycles. The highest BCUT2D eigenvalue weighted by Gasteiger charge is 2.45. The van der Waals surface area contributed by atoms with Crippen LogP contribution in [0.4, 0.5) is 0 Å². The molecule has 110 valence electrons. The van der Waals surface area contributed by atoms with Gasteiger partial charge in [0, 0.05) is 20.3 Å². The van der Waals surface area contributed by atoms with Crippen LogP contribution in [-0.2, 0) is 14.2 Å². The molecule has 1 atom stereocenters. The quantitative estimate of drug-likeness (QED) is 0.542. The molecule has 0 aromatic rings. The molecule has 0 saturated heterocycles. The summed E-state index contributed by atoms with van der Waals surface area (Å²) in [5, 5.41) is 12.7. The normalized spacial score (nSPS) is 17.9. The minimum absolute atomic E-state index is 0.445. The molecule has 1 rings (SSSR count). The number of nitrogens with one attached hydrogen (secondary N) is 1. The van der Waals surface area contributed by atoms with Crippen LogP contribution >= 0.6 is 0 Å². The fourth-order valence-corrected chi connectivity index (χ4v) is 2.13. The summed E-state index contributed by atoms with van der Waals surface area (Å²) < 4.78 is 16.0. The summed E-state index contributed by atoms with van der Waals surface area (Å²) in [6.07, 6.45) is 3.15. The van der Waals surface area contributed by atoms with Gasteiger partial charge in [-0.05, 0) is 31.7 Å². The second-order valence-corrected chi connectivity index (χ2v) is 4.90. The average Bonchev–Trinajstić information content (AvgIpc) is 3.25. The average molecular weight is 270 g/mol. The molecular weight excluding hydrogens is 244 g/mol. The molecule has 0 heterocycles. The molecule has 1 fully saturated rings. The van der Waals surface area contributed by atoms with Crippen molar-refractivity contribution in [2.45, 2.75) is 31.7 Å². The Hall–Kier alpha value is -0.670. The highest BCUT2D eigenvalue weighted by Crippen LogP contribution is 2.39. The van der Waals surface area contributed by atoms with Gasteiger partial charge < -0.3 is 14.2 Å². The number of nitrogens with zero attached hydrogens (tertiary/aromatic N) is 1. The largest absolute Gasteiger partial charge is 0.385 e. The maximum atomic E-state index is 9.38. The number of hydrogen-bond acceptors (Lipinski definition) is 5. The fraction of sp³-hybridized carbons (Fsp3) is 0.929. The second-order valence-electron chi connectivity index (χ2n) is 4.90. The standard InChI is InChI=1S/C14H26N2O3/c1-3-16-14(11-15,13-5-6-13)12-19-10-9-18-8-4-7-17-2/h13,16H,3-10,12H2,1-2H3. The Labute approximate surface area is 116 Å². The van der Waals surface area contributed by atoms with Crippen LogP contribution in [0.3, 0.4) is 0 Å². The van der Waals surface area contributed by atoms with Crippen molar-refractivity contribution in [1.82, 2.24) is 5.32 Å². The van der Waals surface area contributed by atoms with Gasteiger partial charge in [-0.2, -0.15) is 5.26 Å². The van der Waals surface area contributed by atoms with Crippen molar-refractivity contribution in [2.75, 3.05) is 46.7 Å². The lowest BCUT2D eigenvalue weighted by atomic mass is 9.96. The van der Waals surface area contributed by atoms with E-state index in [-0.39, 0.29) is 0 Å². The fourth-order valence-electron chi connectivity index (χ4n) is 2.13. The van der Waals surface area contributed by atoms with Gasteiger partial charge in [-0.3, -0.25) is 5.32 Å². The minimum Gasteiger partial charge on any atom is -0.385 e. The predicted octanol–water partition coefficient (Wildman–Crippen LogP) is 1.34. The highest BCUT2D eigenvalue weighted by atomic mass is 16.5. The van der Waals surface area contributed by atoms with E-state index >= 15 is 0 Å². The van der Waals surface area contributed by atoms with Crippen molar-refractivity contribution in [3.05, 3.63) is 0 Å². The number of rotatable bonds is 12. The molecule has 0 radical (unpaired) electrons. The molecule has 1 saturated carbocycles. The first-order chi connectivity index (χ1) is 9.29. The van der Waals surface area contributed by atoms with Gasteiger partial charge in [0.25, 0.3) is 0 Å². The summed E-state index contributed by atoms with van der Waals surface area (Å²) in [5.74, 6) is 0.445. The third kappa shape index (κ3) is 5.87. The molecule has 0 spiro atoms. The van der Waals surface area contributed by atoms with Gasteiger partial charge in [-0.25, -0.2) is 0 Å². The zero-order valence-electron chi connectivity index (χ0n) is 12.1. The summed E-state index contributed by atoms with van der Waals surface area (Å²) in [5.41, 5.74) is -0.495. The topological polar surface area (TPSA) is 63.5 Å². The Kier molecular flexibility index (Phi) is 7.99. The van der Waals surface area contributed by atoms with Gasteiger partial charge in [-0.1, -0.05) is 6.92 Å². The van der Waals surface area contributed by atoms with Gasteiger partial charge in [0.1, 0.15) is 5.54 Å². The summed E-state index contributed by atoms with van der Waals surface area (Å²) in [6, 6.07) is 2.40. The van der Waals surface area contributed by atoms with E-state index in [1.165, 1.54) is 0 Å². The summed E-state index contributed by atoms with van der Waals surface area (Å²) >= 11 is 0. The molecule has 19 heavy (non-hydrogen) atoms. The Bertz CT molecular complexity index is 276. The highest BCUT2D eigenvalue weighted by molar-refractivity contribution is 5.15. The number of nitriles is 1. The van der Waals surface area contributed by atoms with Crippen LogP contribution in [-0.4, -0.2) is 52.2 Å². The van der Waals surface area contributed by atoms with Crippen LogP contribution in [0.1, 0.15) is 26.2 Å². The van der Waals surface area contributed by atoms with Gasteiger partial charge in [0.05, 0.1) is 25.9 Å². The lowest BCUT2D eigenvalue weighted by Gasteiger charge is -2.27. The zero-order chi connectivity index (χ0) is 14.0. The van der Waals surface area contributed by atoms with Gasteiger partial charge >= 0.3 is 0 Å². The number of ether oxygens (including phenoxy) is 3. The van der Waals surface area contributed by atoms with Crippen LogP contribution < -0.4 is 5.32 Å². The van der Waals surface area contributed by atoms with Crippen molar-refractivity contribution < 1.29 is 14.2 Å². The molecule has 0 amide bonds. The molecule has 1 aliphatic carbocycles. The lowest BCUT2D eigenvalue weighted by molar-refractivity contribution is 0.0210. The molecule has 1 N–H and O–H groups in total. The Morgan fingerprint density at radius 1 is 1.21 bits per heavy atom. The molecule has 1 aliphatic rings. The number of methoxy groups -OCH3 is 1. The second kappa shape index (κ2) is 9.27. The van der Waals surface area contributed by atoms with E-state index in [0.29, 0.717) is 32.3 Å². The number of likely N-dealkylation sites (N-methyl/N-ethyl adjacent to an activating group) is 1. The van der Waals surface area contributed by atoms with Crippen LogP contribution in [0.25, 0.3) is 0 Å². The summed E-state index contributed by atoms with van der Waals surface area (Å²) in [6.45, 7) is 5.78. The molecule has 0 aromatic carbocycles. The van der Waals surface area contributed by atoms with Crippen molar-refractivity contribution in [3.8, 4) is 6.07 Å². The third-order valence-electron chi connectivity index (χ3n) is 3.30. The summed E-state index contributed by atoms with van der Waals surface area (Å²) in [4.78, 5) is 0. The predicted molar refractivity (Wildman–Crippen MR) is 72.9 cm³/mol. The van der Waals surface area contributed by atoms with E-state index < -0.39 is 5.54 Å². The van der Waals surface area contributed by atoms with E-state index in [4.69, 9.17) is 14.2 Å². The molecule has 5 nitrogen and oxygen atoms in total. The maximum Gasteiger partial charge on any atom is 0.133 e. The molecule has 0 aromatic heterocycles. The first-order valence-corrected chi connectivity index (χ1v) is 7.09. The van der Waals surface area contributed by atoms with Crippen molar-refractivity contribution in [3.63, 3.8) is 0 Å². The third-order valence-corrected chi connectivity index (χ3v) is 3.30. The van der Waals surface area contributed by atoms with E-state index in [9.17, 15) is 5.26 Å². The van der Waals surface area contributed by atoms with Gasteiger partial charge in [0.15, 0.2) is 0 Å².